The van der Waals surface area contributed by atoms with Gasteiger partial charge in [0.25, 0.3) is 5.91 Å². The summed E-state index contributed by atoms with van der Waals surface area (Å²) in [5.74, 6) is 0.122. The summed E-state index contributed by atoms with van der Waals surface area (Å²) in [6.45, 7) is 5.48. The number of carbonyl (C=O) groups is 1. The highest BCUT2D eigenvalue weighted by molar-refractivity contribution is 7.16. The standard InChI is InChI=1S/C19H20ClN3OS/c1-13(17-5-6-18(20)25-17)22-9-11-23(12-10-22)19(24)15-3-2-4-16-14(15)7-8-21-16/h2-8,13,21H,9-12H2,1H3. The van der Waals surface area contributed by atoms with E-state index in [9.17, 15) is 4.79 Å². The number of rotatable bonds is 3. The van der Waals surface area contributed by atoms with Crippen molar-refractivity contribution < 1.29 is 4.79 Å². The number of H-pyrrole nitrogens is 1. The third kappa shape index (κ3) is 3.19. The Bertz CT molecular complexity index is 895. The van der Waals surface area contributed by atoms with Gasteiger partial charge in [-0.2, -0.15) is 0 Å². The molecular weight excluding hydrogens is 354 g/mol. The van der Waals surface area contributed by atoms with Gasteiger partial charge >= 0.3 is 0 Å². The van der Waals surface area contributed by atoms with E-state index in [4.69, 9.17) is 11.6 Å². The Hall–Kier alpha value is -1.82. The maximum atomic E-state index is 12.9. The largest absolute Gasteiger partial charge is 0.361 e. The first-order valence-corrected chi connectivity index (χ1v) is 9.67. The SMILES string of the molecule is CC(c1ccc(Cl)s1)N1CCN(C(=O)c2cccc3[nH]ccc23)CC1. The maximum Gasteiger partial charge on any atom is 0.254 e. The van der Waals surface area contributed by atoms with Crippen LogP contribution in [0.1, 0.15) is 28.2 Å². The molecule has 2 aromatic heterocycles. The van der Waals surface area contributed by atoms with Crippen molar-refractivity contribution in [1.29, 1.82) is 0 Å². The molecule has 4 nitrogen and oxygen atoms in total. The van der Waals surface area contributed by atoms with Crippen molar-refractivity contribution in [2.75, 3.05) is 26.2 Å². The molecule has 1 aliphatic heterocycles. The van der Waals surface area contributed by atoms with Gasteiger partial charge in [0.05, 0.1) is 4.34 Å². The molecule has 0 spiro atoms. The molecule has 0 saturated carbocycles. The molecule has 3 heterocycles. The summed E-state index contributed by atoms with van der Waals surface area (Å²) in [6, 6.07) is 12.2. The van der Waals surface area contributed by atoms with Gasteiger partial charge in [0.1, 0.15) is 0 Å². The molecule has 1 N–H and O–H groups in total. The van der Waals surface area contributed by atoms with Gasteiger partial charge in [-0.3, -0.25) is 9.69 Å². The quantitative estimate of drug-likeness (QED) is 0.739. The first-order chi connectivity index (χ1) is 12.1. The molecule has 1 atom stereocenters. The molecule has 3 aromatic rings. The van der Waals surface area contributed by atoms with Crippen LogP contribution >= 0.6 is 22.9 Å². The zero-order valence-electron chi connectivity index (χ0n) is 14.0. The fourth-order valence-electron chi connectivity index (χ4n) is 3.49. The third-order valence-electron chi connectivity index (χ3n) is 4.98. The van der Waals surface area contributed by atoms with E-state index in [-0.39, 0.29) is 5.91 Å². The number of halogens is 1. The van der Waals surface area contributed by atoms with Crippen molar-refractivity contribution >= 4 is 39.7 Å². The van der Waals surface area contributed by atoms with Crippen molar-refractivity contribution in [2.24, 2.45) is 0 Å². The summed E-state index contributed by atoms with van der Waals surface area (Å²) in [4.78, 5) is 21.8. The van der Waals surface area contributed by atoms with E-state index >= 15 is 0 Å². The summed E-state index contributed by atoms with van der Waals surface area (Å²) in [6.07, 6.45) is 1.88. The second-order valence-electron chi connectivity index (χ2n) is 6.39. The van der Waals surface area contributed by atoms with Crippen LogP contribution in [0.25, 0.3) is 10.9 Å². The van der Waals surface area contributed by atoms with Crippen LogP contribution < -0.4 is 0 Å². The maximum absolute atomic E-state index is 12.9. The molecule has 25 heavy (non-hydrogen) atoms. The molecule has 1 amide bonds. The minimum Gasteiger partial charge on any atom is -0.361 e. The first-order valence-electron chi connectivity index (χ1n) is 8.48. The molecule has 1 saturated heterocycles. The zero-order valence-corrected chi connectivity index (χ0v) is 15.6. The number of thiophene rings is 1. The number of aromatic amines is 1. The van der Waals surface area contributed by atoms with Gasteiger partial charge < -0.3 is 9.88 Å². The Morgan fingerprint density at radius 3 is 2.68 bits per heavy atom. The summed E-state index contributed by atoms with van der Waals surface area (Å²) in [5.41, 5.74) is 1.79. The number of benzene rings is 1. The van der Waals surface area contributed by atoms with Gasteiger partial charge in [0, 0.05) is 59.8 Å². The van der Waals surface area contributed by atoms with Gasteiger partial charge in [0.15, 0.2) is 0 Å². The number of nitrogens with one attached hydrogen (secondary N) is 1. The fraction of sp³-hybridized carbons (Fsp3) is 0.316. The minimum absolute atomic E-state index is 0.122. The van der Waals surface area contributed by atoms with Gasteiger partial charge in [-0.1, -0.05) is 17.7 Å². The molecule has 1 aliphatic rings. The Morgan fingerprint density at radius 1 is 1.16 bits per heavy atom. The fourth-order valence-corrected chi connectivity index (χ4v) is 4.63. The van der Waals surface area contributed by atoms with Gasteiger partial charge in [0.2, 0.25) is 0 Å². The number of amides is 1. The van der Waals surface area contributed by atoms with E-state index in [1.807, 2.05) is 41.4 Å². The van der Waals surface area contributed by atoms with Crippen molar-refractivity contribution in [3.8, 4) is 0 Å². The molecular formula is C19H20ClN3OS. The normalized spacial score (nSPS) is 17.1. The number of hydrogen-bond donors (Lipinski definition) is 1. The molecule has 4 rings (SSSR count). The van der Waals surface area contributed by atoms with Gasteiger partial charge in [-0.05, 0) is 37.3 Å². The van der Waals surface area contributed by atoms with Crippen LogP contribution in [0.5, 0.6) is 0 Å². The van der Waals surface area contributed by atoms with E-state index in [1.54, 1.807) is 11.3 Å². The topological polar surface area (TPSA) is 39.3 Å². The average Bonchev–Trinajstić information content (AvgIpc) is 3.29. The molecule has 1 aromatic carbocycles. The highest BCUT2D eigenvalue weighted by Gasteiger charge is 2.26. The van der Waals surface area contributed by atoms with E-state index in [0.717, 1.165) is 47.0 Å². The second kappa shape index (κ2) is 6.83. The summed E-state index contributed by atoms with van der Waals surface area (Å²) in [5, 5.41) is 0.997. The number of aromatic nitrogens is 1. The molecule has 1 unspecified atom stereocenters. The molecule has 6 heteroatoms. The van der Waals surface area contributed by atoms with Gasteiger partial charge in [-0.25, -0.2) is 0 Å². The lowest BCUT2D eigenvalue weighted by atomic mass is 10.1. The lowest BCUT2D eigenvalue weighted by Crippen LogP contribution is -2.49. The van der Waals surface area contributed by atoms with E-state index in [0.29, 0.717) is 6.04 Å². The molecule has 0 aliphatic carbocycles. The van der Waals surface area contributed by atoms with Crippen molar-refractivity contribution in [2.45, 2.75) is 13.0 Å². The first kappa shape index (κ1) is 16.6. The van der Waals surface area contributed by atoms with Crippen molar-refractivity contribution in [1.82, 2.24) is 14.8 Å². The Labute approximate surface area is 156 Å². The van der Waals surface area contributed by atoms with E-state index in [1.165, 1.54) is 4.88 Å². The van der Waals surface area contributed by atoms with Gasteiger partial charge in [-0.15, -0.1) is 11.3 Å². The predicted molar refractivity (Wildman–Crippen MR) is 104 cm³/mol. The van der Waals surface area contributed by atoms with Crippen LogP contribution in [0.3, 0.4) is 0 Å². The lowest BCUT2D eigenvalue weighted by Gasteiger charge is -2.37. The van der Waals surface area contributed by atoms with Crippen molar-refractivity contribution in [3.05, 3.63) is 57.4 Å². The second-order valence-corrected chi connectivity index (χ2v) is 8.14. The highest BCUT2D eigenvalue weighted by atomic mass is 35.5. The van der Waals surface area contributed by atoms with Crippen LogP contribution in [0.15, 0.2) is 42.6 Å². The summed E-state index contributed by atoms with van der Waals surface area (Å²) < 4.78 is 0.829. The molecule has 1 fully saturated rings. The highest BCUT2D eigenvalue weighted by Crippen LogP contribution is 2.31. The van der Waals surface area contributed by atoms with E-state index < -0.39 is 0 Å². The molecule has 0 radical (unpaired) electrons. The Morgan fingerprint density at radius 2 is 1.96 bits per heavy atom. The summed E-state index contributed by atoms with van der Waals surface area (Å²) >= 11 is 7.69. The monoisotopic (exact) mass is 373 g/mol. The Balaban J connectivity index is 1.45. The van der Waals surface area contributed by atoms with Crippen LogP contribution in [0, 0.1) is 0 Å². The van der Waals surface area contributed by atoms with Crippen LogP contribution in [0.4, 0.5) is 0 Å². The average molecular weight is 374 g/mol. The number of piperazine rings is 1. The third-order valence-corrected chi connectivity index (χ3v) is 6.38. The minimum atomic E-state index is 0.122. The smallest absolute Gasteiger partial charge is 0.254 e. The lowest BCUT2D eigenvalue weighted by molar-refractivity contribution is 0.0586. The van der Waals surface area contributed by atoms with Crippen molar-refractivity contribution in [3.63, 3.8) is 0 Å². The predicted octanol–water partition coefficient (Wildman–Crippen LogP) is 4.40. The molecule has 0 bridgehead atoms. The van der Waals surface area contributed by atoms with Crippen LogP contribution in [-0.2, 0) is 0 Å². The number of carbonyl (C=O) groups excluding carboxylic acids is 1. The number of nitrogens with zero attached hydrogens (tertiary/aromatic N) is 2. The number of hydrogen-bond acceptors (Lipinski definition) is 3. The van der Waals surface area contributed by atoms with Crippen LogP contribution in [-0.4, -0.2) is 46.9 Å². The number of fused-ring (bicyclic) bond motifs is 1. The van der Waals surface area contributed by atoms with Crippen LogP contribution in [0.2, 0.25) is 4.34 Å². The van der Waals surface area contributed by atoms with E-state index in [2.05, 4.69) is 22.9 Å². The summed E-state index contributed by atoms with van der Waals surface area (Å²) in [7, 11) is 0. The Kier molecular flexibility index (Phi) is 4.54. The molecule has 130 valence electrons. The zero-order chi connectivity index (χ0) is 17.4.